The minimum Gasteiger partial charge on any atom is -0.494 e. The zero-order valence-corrected chi connectivity index (χ0v) is 10.3. The van der Waals surface area contributed by atoms with Crippen LogP contribution in [0.5, 0.6) is 5.75 Å². The van der Waals surface area contributed by atoms with E-state index in [1.54, 1.807) is 0 Å². The summed E-state index contributed by atoms with van der Waals surface area (Å²) in [6.45, 7) is 2.92. The number of benzene rings is 1. The van der Waals surface area contributed by atoms with Gasteiger partial charge in [-0.05, 0) is 24.6 Å². The van der Waals surface area contributed by atoms with Crippen molar-refractivity contribution in [2.45, 2.75) is 26.3 Å². The van der Waals surface area contributed by atoms with Crippen molar-refractivity contribution in [1.82, 2.24) is 5.32 Å². The second-order valence-electron chi connectivity index (χ2n) is 3.75. The first-order valence-electron chi connectivity index (χ1n) is 5.82. The third-order valence-corrected chi connectivity index (χ3v) is 2.29. The summed E-state index contributed by atoms with van der Waals surface area (Å²) in [6.07, 6.45) is -0.137. The Morgan fingerprint density at radius 2 is 1.89 bits per heavy atom. The quantitative estimate of drug-likeness (QED) is 0.771. The van der Waals surface area contributed by atoms with Crippen LogP contribution in [0.25, 0.3) is 0 Å². The van der Waals surface area contributed by atoms with Crippen molar-refractivity contribution in [2.24, 2.45) is 0 Å². The molecule has 18 heavy (non-hydrogen) atoms. The molecule has 0 atom stereocenters. The lowest BCUT2D eigenvalue weighted by Crippen LogP contribution is -2.23. The Kier molecular flexibility index (Phi) is 5.70. The summed E-state index contributed by atoms with van der Waals surface area (Å²) in [5.74, 6) is -0.434. The zero-order valence-electron chi connectivity index (χ0n) is 10.3. The molecule has 1 aromatic carbocycles. The standard InChI is InChI=1S/C13H17NO4/c1-2-18-11-5-3-10(4-6-11)9-14-12(15)7-8-13(16)17/h3-6H,2,7-9H2,1H3,(H,14,15)(H,16,17). The van der Waals surface area contributed by atoms with Gasteiger partial charge in [-0.25, -0.2) is 0 Å². The average molecular weight is 251 g/mol. The molecule has 2 N–H and O–H groups in total. The third-order valence-electron chi connectivity index (χ3n) is 2.29. The van der Waals surface area contributed by atoms with Gasteiger partial charge >= 0.3 is 5.97 Å². The molecule has 0 aliphatic carbocycles. The number of rotatable bonds is 7. The zero-order chi connectivity index (χ0) is 13.4. The van der Waals surface area contributed by atoms with Crippen molar-refractivity contribution >= 4 is 11.9 Å². The van der Waals surface area contributed by atoms with Crippen LogP contribution in [0.4, 0.5) is 0 Å². The molecule has 0 heterocycles. The molecule has 0 bridgehead atoms. The summed E-state index contributed by atoms with van der Waals surface area (Å²) in [6, 6.07) is 7.40. The van der Waals surface area contributed by atoms with E-state index in [2.05, 4.69) is 5.32 Å². The first kappa shape index (κ1) is 14.0. The topological polar surface area (TPSA) is 75.6 Å². The molecule has 1 aromatic rings. The van der Waals surface area contributed by atoms with E-state index in [4.69, 9.17) is 9.84 Å². The Balaban J connectivity index is 2.34. The highest BCUT2D eigenvalue weighted by molar-refractivity contribution is 5.80. The van der Waals surface area contributed by atoms with Crippen LogP contribution in [0.2, 0.25) is 0 Å². The molecule has 1 amide bonds. The van der Waals surface area contributed by atoms with Gasteiger partial charge in [0, 0.05) is 13.0 Å². The first-order chi connectivity index (χ1) is 8.61. The van der Waals surface area contributed by atoms with Crippen molar-refractivity contribution in [2.75, 3.05) is 6.61 Å². The maximum atomic E-state index is 11.3. The van der Waals surface area contributed by atoms with E-state index in [1.165, 1.54) is 0 Å². The summed E-state index contributed by atoms with van der Waals surface area (Å²) in [5, 5.41) is 11.1. The Bertz CT molecular complexity index is 400. The van der Waals surface area contributed by atoms with Crippen molar-refractivity contribution in [3.63, 3.8) is 0 Å². The number of carbonyl (C=O) groups excluding carboxylic acids is 1. The predicted octanol–water partition coefficient (Wildman–Crippen LogP) is 1.57. The Morgan fingerprint density at radius 1 is 1.22 bits per heavy atom. The van der Waals surface area contributed by atoms with Crippen LogP contribution in [0.1, 0.15) is 25.3 Å². The van der Waals surface area contributed by atoms with Crippen LogP contribution in [0, 0.1) is 0 Å². The minimum atomic E-state index is -0.966. The molecule has 0 fully saturated rings. The third kappa shape index (κ3) is 5.34. The normalized spacial score (nSPS) is 9.83. The molecule has 0 saturated carbocycles. The number of carboxylic acid groups (broad SMARTS) is 1. The number of carboxylic acids is 1. The molecule has 0 aliphatic heterocycles. The highest BCUT2D eigenvalue weighted by Crippen LogP contribution is 2.11. The molecule has 0 spiro atoms. The molecule has 0 radical (unpaired) electrons. The van der Waals surface area contributed by atoms with E-state index in [9.17, 15) is 9.59 Å². The van der Waals surface area contributed by atoms with Crippen LogP contribution >= 0.6 is 0 Å². The van der Waals surface area contributed by atoms with Crippen LogP contribution in [-0.4, -0.2) is 23.6 Å². The maximum absolute atomic E-state index is 11.3. The van der Waals surface area contributed by atoms with Gasteiger partial charge in [0.05, 0.1) is 13.0 Å². The molecule has 0 aliphatic rings. The van der Waals surface area contributed by atoms with Gasteiger partial charge in [-0.1, -0.05) is 12.1 Å². The Labute approximate surface area is 106 Å². The predicted molar refractivity (Wildman–Crippen MR) is 66.3 cm³/mol. The van der Waals surface area contributed by atoms with Crippen LogP contribution < -0.4 is 10.1 Å². The monoisotopic (exact) mass is 251 g/mol. The maximum Gasteiger partial charge on any atom is 0.303 e. The molecule has 5 heteroatoms. The number of ether oxygens (including phenoxy) is 1. The van der Waals surface area contributed by atoms with Gasteiger partial charge in [0.2, 0.25) is 5.91 Å². The minimum absolute atomic E-state index is 0.00631. The SMILES string of the molecule is CCOc1ccc(CNC(=O)CCC(=O)O)cc1. The fourth-order valence-corrected chi connectivity index (χ4v) is 1.38. The largest absolute Gasteiger partial charge is 0.494 e. The van der Waals surface area contributed by atoms with Gasteiger partial charge in [-0.3, -0.25) is 9.59 Å². The van der Waals surface area contributed by atoms with Crippen molar-refractivity contribution in [1.29, 1.82) is 0 Å². The molecular weight excluding hydrogens is 234 g/mol. The van der Waals surface area contributed by atoms with E-state index in [0.717, 1.165) is 11.3 Å². The Morgan fingerprint density at radius 3 is 2.44 bits per heavy atom. The fourth-order valence-electron chi connectivity index (χ4n) is 1.38. The summed E-state index contributed by atoms with van der Waals surface area (Å²) >= 11 is 0. The number of amides is 1. The number of aliphatic carboxylic acids is 1. The second kappa shape index (κ2) is 7.32. The number of hydrogen-bond acceptors (Lipinski definition) is 3. The highest BCUT2D eigenvalue weighted by Gasteiger charge is 2.04. The molecule has 5 nitrogen and oxygen atoms in total. The lowest BCUT2D eigenvalue weighted by Gasteiger charge is -2.06. The summed E-state index contributed by atoms with van der Waals surface area (Å²) in [7, 11) is 0. The van der Waals surface area contributed by atoms with Crippen LogP contribution in [0.15, 0.2) is 24.3 Å². The molecule has 0 aromatic heterocycles. The summed E-state index contributed by atoms with van der Waals surface area (Å²) in [4.78, 5) is 21.6. The number of hydrogen-bond donors (Lipinski definition) is 2. The van der Waals surface area contributed by atoms with Crippen LogP contribution in [0.3, 0.4) is 0 Å². The lowest BCUT2D eigenvalue weighted by molar-refractivity contribution is -0.138. The van der Waals surface area contributed by atoms with Crippen molar-refractivity contribution in [3.8, 4) is 5.75 Å². The highest BCUT2D eigenvalue weighted by atomic mass is 16.5. The van der Waals surface area contributed by atoms with E-state index in [-0.39, 0.29) is 18.7 Å². The Hall–Kier alpha value is -2.04. The summed E-state index contributed by atoms with van der Waals surface area (Å²) in [5.41, 5.74) is 0.946. The molecule has 0 unspecified atom stereocenters. The van der Waals surface area contributed by atoms with E-state index >= 15 is 0 Å². The van der Waals surface area contributed by atoms with E-state index in [1.807, 2.05) is 31.2 Å². The van der Waals surface area contributed by atoms with Crippen LogP contribution in [-0.2, 0) is 16.1 Å². The van der Waals surface area contributed by atoms with Gasteiger partial charge in [-0.2, -0.15) is 0 Å². The molecular formula is C13H17NO4. The van der Waals surface area contributed by atoms with Crippen molar-refractivity contribution in [3.05, 3.63) is 29.8 Å². The number of carbonyl (C=O) groups is 2. The van der Waals surface area contributed by atoms with Gasteiger partial charge in [0.15, 0.2) is 0 Å². The van der Waals surface area contributed by atoms with Gasteiger partial charge < -0.3 is 15.2 Å². The molecule has 0 saturated heterocycles. The summed E-state index contributed by atoms with van der Waals surface area (Å²) < 4.78 is 5.30. The first-order valence-corrected chi connectivity index (χ1v) is 5.82. The van der Waals surface area contributed by atoms with Gasteiger partial charge in [-0.15, -0.1) is 0 Å². The second-order valence-corrected chi connectivity index (χ2v) is 3.75. The van der Waals surface area contributed by atoms with Gasteiger partial charge in [0.1, 0.15) is 5.75 Å². The lowest BCUT2D eigenvalue weighted by atomic mass is 10.2. The fraction of sp³-hybridized carbons (Fsp3) is 0.385. The molecule has 98 valence electrons. The van der Waals surface area contributed by atoms with E-state index in [0.29, 0.717) is 13.2 Å². The molecule has 1 rings (SSSR count). The number of nitrogens with one attached hydrogen (secondary N) is 1. The van der Waals surface area contributed by atoms with Gasteiger partial charge in [0.25, 0.3) is 0 Å². The van der Waals surface area contributed by atoms with E-state index < -0.39 is 5.97 Å². The smallest absolute Gasteiger partial charge is 0.303 e. The van der Waals surface area contributed by atoms with Crippen molar-refractivity contribution < 1.29 is 19.4 Å². The average Bonchev–Trinajstić information content (AvgIpc) is 2.36.